The summed E-state index contributed by atoms with van der Waals surface area (Å²) in [6.07, 6.45) is 2.05. The van der Waals surface area contributed by atoms with Crippen LogP contribution in [0.15, 0.2) is 29.2 Å². The SMILES string of the molecule is O=Cc1ccc(SCC2CCOC2)cc1. The summed E-state index contributed by atoms with van der Waals surface area (Å²) in [5, 5.41) is 0. The third kappa shape index (κ3) is 3.08. The maximum absolute atomic E-state index is 10.5. The van der Waals surface area contributed by atoms with Crippen molar-refractivity contribution in [1.82, 2.24) is 0 Å². The van der Waals surface area contributed by atoms with E-state index in [0.29, 0.717) is 5.92 Å². The Bertz CT molecular complexity index is 315. The number of benzene rings is 1. The average Bonchev–Trinajstić information content (AvgIpc) is 2.80. The quantitative estimate of drug-likeness (QED) is 0.578. The Morgan fingerprint density at radius 3 is 2.80 bits per heavy atom. The molecule has 0 spiro atoms. The first-order chi connectivity index (χ1) is 7.38. The van der Waals surface area contributed by atoms with Crippen LogP contribution in [0.5, 0.6) is 0 Å². The van der Waals surface area contributed by atoms with E-state index in [1.807, 2.05) is 36.0 Å². The Morgan fingerprint density at radius 1 is 1.40 bits per heavy atom. The molecule has 0 saturated carbocycles. The Hall–Kier alpha value is -0.800. The second kappa shape index (κ2) is 5.33. The van der Waals surface area contributed by atoms with Gasteiger partial charge in [0.2, 0.25) is 0 Å². The van der Waals surface area contributed by atoms with Gasteiger partial charge in [0.25, 0.3) is 0 Å². The Labute approximate surface area is 94.0 Å². The minimum absolute atomic E-state index is 0.695. The molecule has 1 unspecified atom stereocenters. The number of hydrogen-bond acceptors (Lipinski definition) is 3. The third-order valence-corrected chi connectivity index (χ3v) is 3.77. The van der Waals surface area contributed by atoms with Gasteiger partial charge in [-0.15, -0.1) is 11.8 Å². The van der Waals surface area contributed by atoms with Crippen molar-refractivity contribution in [3.05, 3.63) is 29.8 Å². The summed E-state index contributed by atoms with van der Waals surface area (Å²) >= 11 is 1.84. The third-order valence-electron chi connectivity index (χ3n) is 2.53. The van der Waals surface area contributed by atoms with E-state index in [4.69, 9.17) is 4.74 Å². The minimum Gasteiger partial charge on any atom is -0.381 e. The van der Waals surface area contributed by atoms with Gasteiger partial charge in [-0.05, 0) is 24.5 Å². The van der Waals surface area contributed by atoms with E-state index < -0.39 is 0 Å². The van der Waals surface area contributed by atoms with Gasteiger partial charge in [0.1, 0.15) is 6.29 Å². The van der Waals surface area contributed by atoms with Crippen molar-refractivity contribution in [3.63, 3.8) is 0 Å². The molecule has 0 N–H and O–H groups in total. The minimum atomic E-state index is 0.695. The molecule has 1 aromatic rings. The number of carbonyl (C=O) groups is 1. The molecule has 1 aliphatic rings. The number of ether oxygens (including phenoxy) is 1. The summed E-state index contributed by atoms with van der Waals surface area (Å²) in [6.45, 7) is 1.81. The van der Waals surface area contributed by atoms with Crippen LogP contribution >= 0.6 is 11.8 Å². The van der Waals surface area contributed by atoms with Crippen molar-refractivity contribution in [2.24, 2.45) is 5.92 Å². The van der Waals surface area contributed by atoms with Gasteiger partial charge in [-0.1, -0.05) is 12.1 Å². The van der Waals surface area contributed by atoms with Crippen LogP contribution in [0.4, 0.5) is 0 Å². The zero-order valence-electron chi connectivity index (χ0n) is 8.52. The van der Waals surface area contributed by atoms with Gasteiger partial charge in [-0.3, -0.25) is 4.79 Å². The number of carbonyl (C=O) groups excluding carboxylic acids is 1. The van der Waals surface area contributed by atoms with E-state index in [2.05, 4.69) is 0 Å². The van der Waals surface area contributed by atoms with Gasteiger partial charge in [0.05, 0.1) is 6.61 Å². The van der Waals surface area contributed by atoms with Crippen LogP contribution in [0.3, 0.4) is 0 Å². The lowest BCUT2D eigenvalue weighted by molar-refractivity contribution is 0.112. The largest absolute Gasteiger partial charge is 0.381 e. The summed E-state index contributed by atoms with van der Waals surface area (Å²) in [5.74, 6) is 1.81. The summed E-state index contributed by atoms with van der Waals surface area (Å²) in [7, 11) is 0. The second-order valence-corrected chi connectivity index (χ2v) is 4.82. The second-order valence-electron chi connectivity index (χ2n) is 3.73. The van der Waals surface area contributed by atoms with E-state index in [1.54, 1.807) is 0 Å². The molecule has 0 amide bonds. The predicted molar refractivity (Wildman–Crippen MR) is 61.5 cm³/mol. The van der Waals surface area contributed by atoms with Crippen LogP contribution in [-0.4, -0.2) is 25.3 Å². The van der Waals surface area contributed by atoms with Gasteiger partial charge in [0, 0.05) is 22.8 Å². The fraction of sp³-hybridized carbons (Fsp3) is 0.417. The summed E-state index contributed by atoms with van der Waals surface area (Å²) < 4.78 is 5.32. The Balaban J connectivity index is 1.84. The molecule has 1 atom stereocenters. The van der Waals surface area contributed by atoms with E-state index in [-0.39, 0.29) is 0 Å². The van der Waals surface area contributed by atoms with Gasteiger partial charge in [-0.25, -0.2) is 0 Å². The normalized spacial score (nSPS) is 20.4. The van der Waals surface area contributed by atoms with Crippen LogP contribution in [-0.2, 0) is 4.74 Å². The average molecular weight is 222 g/mol. The number of thioether (sulfide) groups is 1. The lowest BCUT2D eigenvalue weighted by Crippen LogP contribution is -2.01. The molecule has 0 bridgehead atoms. The molecule has 15 heavy (non-hydrogen) atoms. The molecule has 3 heteroatoms. The summed E-state index contributed by atoms with van der Waals surface area (Å²) in [5.41, 5.74) is 0.739. The first-order valence-electron chi connectivity index (χ1n) is 5.14. The van der Waals surface area contributed by atoms with Crippen molar-refractivity contribution >= 4 is 18.0 Å². The molecule has 1 fully saturated rings. The van der Waals surface area contributed by atoms with Crippen molar-refractivity contribution in [3.8, 4) is 0 Å². The van der Waals surface area contributed by atoms with E-state index in [9.17, 15) is 4.79 Å². The Kier molecular flexibility index (Phi) is 3.80. The number of aldehydes is 1. The van der Waals surface area contributed by atoms with Crippen LogP contribution in [0.2, 0.25) is 0 Å². The van der Waals surface area contributed by atoms with Crippen molar-refractivity contribution in [1.29, 1.82) is 0 Å². The molecular weight excluding hydrogens is 208 g/mol. The van der Waals surface area contributed by atoms with Crippen LogP contribution < -0.4 is 0 Å². The molecule has 1 saturated heterocycles. The highest BCUT2D eigenvalue weighted by Gasteiger charge is 2.15. The van der Waals surface area contributed by atoms with Crippen LogP contribution in [0.25, 0.3) is 0 Å². The summed E-state index contributed by atoms with van der Waals surface area (Å²) in [4.78, 5) is 11.7. The molecular formula is C12H14O2S. The fourth-order valence-electron chi connectivity index (χ4n) is 1.57. The van der Waals surface area contributed by atoms with E-state index >= 15 is 0 Å². The molecule has 0 aliphatic carbocycles. The lowest BCUT2D eigenvalue weighted by atomic mass is 10.2. The van der Waals surface area contributed by atoms with Gasteiger partial charge >= 0.3 is 0 Å². The van der Waals surface area contributed by atoms with Crippen molar-refractivity contribution in [2.75, 3.05) is 19.0 Å². The molecule has 2 nitrogen and oxygen atoms in total. The molecule has 0 aromatic heterocycles. The molecule has 1 aromatic carbocycles. The first-order valence-corrected chi connectivity index (χ1v) is 6.13. The maximum Gasteiger partial charge on any atom is 0.150 e. The highest BCUT2D eigenvalue weighted by Crippen LogP contribution is 2.24. The van der Waals surface area contributed by atoms with Gasteiger partial charge in [-0.2, -0.15) is 0 Å². The molecule has 1 heterocycles. The molecule has 1 aliphatic heterocycles. The topological polar surface area (TPSA) is 26.3 Å². The van der Waals surface area contributed by atoms with Crippen LogP contribution in [0.1, 0.15) is 16.8 Å². The maximum atomic E-state index is 10.5. The Morgan fingerprint density at radius 2 is 2.20 bits per heavy atom. The van der Waals surface area contributed by atoms with E-state index in [1.165, 1.54) is 11.3 Å². The zero-order valence-corrected chi connectivity index (χ0v) is 9.33. The highest BCUT2D eigenvalue weighted by molar-refractivity contribution is 7.99. The zero-order chi connectivity index (χ0) is 10.5. The smallest absolute Gasteiger partial charge is 0.150 e. The van der Waals surface area contributed by atoms with Gasteiger partial charge < -0.3 is 4.74 Å². The molecule has 0 radical (unpaired) electrons. The van der Waals surface area contributed by atoms with Crippen molar-refractivity contribution in [2.45, 2.75) is 11.3 Å². The molecule has 2 rings (SSSR count). The lowest BCUT2D eigenvalue weighted by Gasteiger charge is -2.06. The first kappa shape index (κ1) is 10.7. The molecule has 80 valence electrons. The highest BCUT2D eigenvalue weighted by atomic mass is 32.2. The standard InChI is InChI=1S/C12H14O2S/c13-7-10-1-3-12(4-2-10)15-9-11-5-6-14-8-11/h1-4,7,11H,5-6,8-9H2. The fourth-order valence-corrected chi connectivity index (χ4v) is 2.59. The van der Waals surface area contributed by atoms with E-state index in [0.717, 1.165) is 30.8 Å². The predicted octanol–water partition coefficient (Wildman–Crippen LogP) is 2.63. The number of rotatable bonds is 4. The van der Waals surface area contributed by atoms with Gasteiger partial charge in [0.15, 0.2) is 0 Å². The summed E-state index contributed by atoms with van der Waals surface area (Å²) in [6, 6.07) is 7.73. The number of hydrogen-bond donors (Lipinski definition) is 0. The van der Waals surface area contributed by atoms with Crippen molar-refractivity contribution < 1.29 is 9.53 Å². The monoisotopic (exact) mass is 222 g/mol. The van der Waals surface area contributed by atoms with Crippen LogP contribution in [0, 0.1) is 5.92 Å².